The molecule has 0 fully saturated rings. The van der Waals surface area contributed by atoms with E-state index in [9.17, 15) is 9.59 Å². The first-order valence-corrected chi connectivity index (χ1v) is 11.7. The number of nitrogens with one attached hydrogen (secondary N) is 2. The van der Waals surface area contributed by atoms with Gasteiger partial charge in [-0.05, 0) is 44.0 Å². The van der Waals surface area contributed by atoms with E-state index < -0.39 is 5.41 Å². The molecule has 0 radical (unpaired) electrons. The van der Waals surface area contributed by atoms with Crippen molar-refractivity contribution in [3.05, 3.63) is 63.9 Å². The van der Waals surface area contributed by atoms with Gasteiger partial charge in [-0.1, -0.05) is 38.1 Å². The molecule has 2 N–H and O–H groups in total. The van der Waals surface area contributed by atoms with Gasteiger partial charge in [-0.3, -0.25) is 25.0 Å². The van der Waals surface area contributed by atoms with Crippen LogP contribution in [0.1, 0.15) is 38.6 Å². The average molecular weight is 450 g/mol. The van der Waals surface area contributed by atoms with Crippen molar-refractivity contribution in [2.75, 3.05) is 5.43 Å². The zero-order valence-electron chi connectivity index (χ0n) is 18.5. The number of fused-ring (bicyclic) bond motifs is 2. The number of thiazole rings is 1. The summed E-state index contributed by atoms with van der Waals surface area (Å²) in [5.74, 6) is 0.192. The Hall–Kier alpha value is -3.26. The van der Waals surface area contributed by atoms with E-state index in [4.69, 9.17) is 4.98 Å². The van der Waals surface area contributed by atoms with E-state index in [2.05, 4.69) is 15.8 Å². The van der Waals surface area contributed by atoms with Crippen LogP contribution in [-0.4, -0.2) is 20.4 Å². The first kappa shape index (κ1) is 22.0. The number of carbonyl (C=O) groups is 1. The molecule has 0 saturated heterocycles. The monoisotopic (exact) mass is 449 g/mol. The van der Waals surface area contributed by atoms with E-state index in [0.717, 1.165) is 15.2 Å². The molecule has 4 aromatic rings. The van der Waals surface area contributed by atoms with E-state index in [0.29, 0.717) is 42.7 Å². The standard InChI is InChI=1S/C24H27N5O2S/c1-4-24(5-2,15-20-25-18-13-9-10-14-19(18)32-20)22(31)27-28-23-26-17-12-8-7-11-16(17)21(30)29(23)6-3/h7-14H,4-6,15H2,1-3H3,(H,26,28)(H,27,31). The topological polar surface area (TPSA) is 88.9 Å². The van der Waals surface area contributed by atoms with Gasteiger partial charge in [0.15, 0.2) is 0 Å². The number of amides is 1. The van der Waals surface area contributed by atoms with Crippen molar-refractivity contribution < 1.29 is 4.79 Å². The lowest BCUT2D eigenvalue weighted by Crippen LogP contribution is -2.45. The average Bonchev–Trinajstić information content (AvgIpc) is 3.23. The molecule has 2 heterocycles. The number of hydrogen-bond acceptors (Lipinski definition) is 6. The normalized spacial score (nSPS) is 11.7. The molecule has 8 heteroatoms. The highest BCUT2D eigenvalue weighted by molar-refractivity contribution is 7.18. The molecule has 0 atom stereocenters. The minimum Gasteiger partial charge on any atom is -0.277 e. The lowest BCUT2D eigenvalue weighted by molar-refractivity contribution is -0.131. The molecule has 0 aliphatic heterocycles. The number of anilines is 1. The first-order chi connectivity index (χ1) is 15.5. The van der Waals surface area contributed by atoms with Crippen molar-refractivity contribution in [3.8, 4) is 0 Å². The maximum atomic E-state index is 13.4. The number of aromatic nitrogens is 3. The number of carbonyl (C=O) groups excluding carboxylic acids is 1. The molecule has 0 aliphatic carbocycles. The van der Waals surface area contributed by atoms with Crippen molar-refractivity contribution >= 4 is 44.3 Å². The van der Waals surface area contributed by atoms with Crippen molar-refractivity contribution in [3.63, 3.8) is 0 Å². The molecule has 2 aromatic carbocycles. The van der Waals surface area contributed by atoms with Crippen LogP contribution < -0.4 is 16.4 Å². The molecule has 4 rings (SSSR count). The quantitative estimate of drug-likeness (QED) is 0.386. The van der Waals surface area contributed by atoms with Gasteiger partial charge in [0.25, 0.3) is 5.56 Å². The summed E-state index contributed by atoms with van der Waals surface area (Å²) in [5, 5.41) is 1.50. The summed E-state index contributed by atoms with van der Waals surface area (Å²) in [6.07, 6.45) is 1.88. The second-order valence-corrected chi connectivity index (χ2v) is 8.94. The molecule has 0 unspecified atom stereocenters. The van der Waals surface area contributed by atoms with E-state index in [1.54, 1.807) is 23.5 Å². The van der Waals surface area contributed by atoms with Crippen LogP contribution in [0.2, 0.25) is 0 Å². The minimum absolute atomic E-state index is 0.133. The summed E-state index contributed by atoms with van der Waals surface area (Å²) in [6, 6.07) is 15.2. The van der Waals surface area contributed by atoms with Crippen molar-refractivity contribution in [2.45, 2.75) is 46.6 Å². The molecular weight excluding hydrogens is 422 g/mol. The zero-order valence-corrected chi connectivity index (χ0v) is 19.3. The molecule has 7 nitrogen and oxygen atoms in total. The number of rotatable bonds is 8. The Morgan fingerprint density at radius 2 is 1.69 bits per heavy atom. The Labute approximate surface area is 190 Å². The zero-order chi connectivity index (χ0) is 22.7. The Bertz CT molecular complexity index is 1290. The highest BCUT2D eigenvalue weighted by atomic mass is 32.1. The maximum Gasteiger partial charge on any atom is 0.262 e. The summed E-state index contributed by atoms with van der Waals surface area (Å²) in [4.78, 5) is 35.5. The Kier molecular flexibility index (Phi) is 6.23. The molecule has 0 bridgehead atoms. The van der Waals surface area contributed by atoms with Crippen LogP contribution in [0, 0.1) is 5.41 Å². The Balaban J connectivity index is 1.59. The third-order valence-corrected chi connectivity index (χ3v) is 7.17. The summed E-state index contributed by atoms with van der Waals surface area (Å²) < 4.78 is 2.64. The fraction of sp³-hybridized carbons (Fsp3) is 0.333. The minimum atomic E-state index is -0.616. The van der Waals surface area contributed by atoms with Crippen LogP contribution in [0.25, 0.3) is 21.1 Å². The lowest BCUT2D eigenvalue weighted by atomic mass is 9.78. The molecule has 0 aliphatic rings. The van der Waals surface area contributed by atoms with Gasteiger partial charge in [0.05, 0.1) is 31.5 Å². The van der Waals surface area contributed by atoms with Gasteiger partial charge in [-0.15, -0.1) is 11.3 Å². The van der Waals surface area contributed by atoms with Gasteiger partial charge >= 0.3 is 0 Å². The second-order valence-electron chi connectivity index (χ2n) is 7.82. The van der Waals surface area contributed by atoms with Crippen LogP contribution in [0.4, 0.5) is 5.95 Å². The fourth-order valence-electron chi connectivity index (χ4n) is 3.99. The lowest BCUT2D eigenvalue weighted by Gasteiger charge is -2.29. The molecule has 2 aromatic heterocycles. The third kappa shape index (κ3) is 3.98. The number of hydrazine groups is 1. The van der Waals surface area contributed by atoms with Crippen LogP contribution in [0.3, 0.4) is 0 Å². The highest BCUT2D eigenvalue weighted by Crippen LogP contribution is 2.34. The van der Waals surface area contributed by atoms with Crippen molar-refractivity contribution in [1.82, 2.24) is 20.0 Å². The molecule has 32 heavy (non-hydrogen) atoms. The van der Waals surface area contributed by atoms with Gasteiger partial charge < -0.3 is 0 Å². The van der Waals surface area contributed by atoms with E-state index in [-0.39, 0.29) is 11.5 Å². The van der Waals surface area contributed by atoms with E-state index in [1.807, 2.05) is 57.2 Å². The van der Waals surface area contributed by atoms with Crippen LogP contribution in [-0.2, 0) is 17.8 Å². The fourth-order valence-corrected chi connectivity index (χ4v) is 5.10. The SMILES string of the molecule is CCn1c(NNC(=O)C(CC)(CC)Cc2nc3ccccc3s2)nc2ccccc2c1=O. The number of nitrogens with zero attached hydrogens (tertiary/aromatic N) is 3. The first-order valence-electron chi connectivity index (χ1n) is 10.9. The molecule has 1 amide bonds. The highest BCUT2D eigenvalue weighted by Gasteiger charge is 2.36. The molecular formula is C24H27N5O2S. The van der Waals surface area contributed by atoms with Crippen molar-refractivity contribution in [2.24, 2.45) is 5.41 Å². The van der Waals surface area contributed by atoms with Crippen LogP contribution in [0.5, 0.6) is 0 Å². The Morgan fingerprint density at radius 3 is 2.38 bits per heavy atom. The smallest absolute Gasteiger partial charge is 0.262 e. The van der Waals surface area contributed by atoms with E-state index >= 15 is 0 Å². The summed E-state index contributed by atoms with van der Waals surface area (Å²) in [7, 11) is 0. The molecule has 166 valence electrons. The summed E-state index contributed by atoms with van der Waals surface area (Å²) in [6.45, 7) is 6.35. The van der Waals surface area contributed by atoms with Gasteiger partial charge in [-0.2, -0.15) is 0 Å². The van der Waals surface area contributed by atoms with Crippen molar-refractivity contribution in [1.29, 1.82) is 0 Å². The predicted octanol–water partition coefficient (Wildman–Crippen LogP) is 4.52. The van der Waals surface area contributed by atoms with Gasteiger partial charge in [0.2, 0.25) is 11.9 Å². The molecule has 0 spiro atoms. The second kappa shape index (κ2) is 9.08. The Morgan fingerprint density at radius 1 is 1.00 bits per heavy atom. The van der Waals surface area contributed by atoms with Crippen LogP contribution in [0.15, 0.2) is 53.3 Å². The molecule has 0 saturated carbocycles. The third-order valence-electron chi connectivity index (χ3n) is 6.13. The number of benzene rings is 2. The van der Waals surface area contributed by atoms with E-state index in [1.165, 1.54) is 4.57 Å². The largest absolute Gasteiger partial charge is 0.277 e. The van der Waals surface area contributed by atoms with Gasteiger partial charge in [0, 0.05) is 13.0 Å². The summed E-state index contributed by atoms with van der Waals surface area (Å²) in [5.41, 5.74) is 6.54. The number of para-hydroxylation sites is 2. The van der Waals surface area contributed by atoms with Gasteiger partial charge in [-0.25, -0.2) is 9.97 Å². The summed E-state index contributed by atoms with van der Waals surface area (Å²) >= 11 is 1.63. The predicted molar refractivity (Wildman–Crippen MR) is 130 cm³/mol. The van der Waals surface area contributed by atoms with Gasteiger partial charge in [0.1, 0.15) is 0 Å². The maximum absolute atomic E-state index is 13.4. The number of hydrogen-bond donors (Lipinski definition) is 2. The van der Waals surface area contributed by atoms with Crippen LogP contribution >= 0.6 is 11.3 Å².